The number of carbonyl (C=O) groups excluding carboxylic acids is 1. The third kappa shape index (κ3) is 4.78. The third-order valence-electron chi connectivity index (χ3n) is 5.78. The Morgan fingerprint density at radius 2 is 1.72 bits per heavy atom. The van der Waals surface area contributed by atoms with Gasteiger partial charge in [-0.25, -0.2) is 0 Å². The summed E-state index contributed by atoms with van der Waals surface area (Å²) in [5.74, 6) is 1.27. The van der Waals surface area contributed by atoms with Gasteiger partial charge in [-0.1, -0.05) is 54.6 Å². The highest BCUT2D eigenvalue weighted by molar-refractivity contribution is 5.86. The van der Waals surface area contributed by atoms with Crippen LogP contribution in [0.4, 0.5) is 0 Å². The second kappa shape index (κ2) is 10.1. The van der Waals surface area contributed by atoms with E-state index < -0.39 is 0 Å². The summed E-state index contributed by atoms with van der Waals surface area (Å²) in [6, 6.07) is 24.1. The van der Waals surface area contributed by atoms with Crippen molar-refractivity contribution in [1.82, 2.24) is 10.3 Å². The monoisotopic (exact) mass is 428 g/mol. The van der Waals surface area contributed by atoms with Crippen molar-refractivity contribution in [3.63, 3.8) is 0 Å². The lowest BCUT2D eigenvalue weighted by Crippen LogP contribution is -2.27. The standard InChI is InChI=1S/C27H28N2O3/c1-31-20-12-13-22(26(16-20)32-2)23(24-18-29-25-11-7-6-10-21(24)25)17-27(30)28-15-14-19-8-4-3-5-9-19/h3-13,16,18,23,29H,14-15,17H2,1-2H3,(H,28,30). The zero-order valence-corrected chi connectivity index (χ0v) is 18.4. The van der Waals surface area contributed by atoms with Crippen LogP contribution in [0.25, 0.3) is 10.9 Å². The zero-order valence-electron chi connectivity index (χ0n) is 18.4. The van der Waals surface area contributed by atoms with Crippen LogP contribution < -0.4 is 14.8 Å². The Morgan fingerprint density at radius 3 is 2.50 bits per heavy atom. The van der Waals surface area contributed by atoms with Crippen molar-refractivity contribution in [3.8, 4) is 11.5 Å². The van der Waals surface area contributed by atoms with Gasteiger partial charge in [-0.05, 0) is 29.7 Å². The van der Waals surface area contributed by atoms with E-state index in [1.807, 2.05) is 60.8 Å². The summed E-state index contributed by atoms with van der Waals surface area (Å²) in [7, 11) is 3.27. The van der Waals surface area contributed by atoms with Crippen LogP contribution in [0.2, 0.25) is 0 Å². The van der Waals surface area contributed by atoms with E-state index in [-0.39, 0.29) is 11.8 Å². The molecule has 0 aliphatic heterocycles. The van der Waals surface area contributed by atoms with Crippen molar-refractivity contribution in [2.75, 3.05) is 20.8 Å². The van der Waals surface area contributed by atoms with Crippen LogP contribution in [0.1, 0.15) is 29.0 Å². The predicted molar refractivity (Wildman–Crippen MR) is 127 cm³/mol. The largest absolute Gasteiger partial charge is 0.497 e. The second-order valence-corrected chi connectivity index (χ2v) is 7.74. The fraction of sp³-hybridized carbons (Fsp3) is 0.222. The molecule has 2 N–H and O–H groups in total. The number of aromatic amines is 1. The molecule has 1 heterocycles. The number of rotatable bonds is 9. The molecule has 0 saturated heterocycles. The van der Waals surface area contributed by atoms with E-state index >= 15 is 0 Å². The first-order valence-electron chi connectivity index (χ1n) is 10.8. The van der Waals surface area contributed by atoms with Gasteiger partial charge in [0.15, 0.2) is 0 Å². The predicted octanol–water partition coefficient (Wildman–Crippen LogP) is 5.07. The molecule has 32 heavy (non-hydrogen) atoms. The van der Waals surface area contributed by atoms with Gasteiger partial charge in [0.25, 0.3) is 0 Å². The molecular weight excluding hydrogens is 400 g/mol. The van der Waals surface area contributed by atoms with Crippen molar-refractivity contribution in [3.05, 3.63) is 95.7 Å². The lowest BCUT2D eigenvalue weighted by molar-refractivity contribution is -0.121. The number of fused-ring (bicyclic) bond motifs is 1. The zero-order chi connectivity index (χ0) is 22.3. The minimum atomic E-state index is -0.163. The SMILES string of the molecule is COc1ccc(C(CC(=O)NCCc2ccccc2)c2c[nH]c3ccccc23)c(OC)c1. The molecule has 3 aromatic carbocycles. The maximum atomic E-state index is 13.0. The molecule has 0 spiro atoms. The molecule has 0 saturated carbocycles. The lowest BCUT2D eigenvalue weighted by atomic mass is 9.87. The number of nitrogens with one attached hydrogen (secondary N) is 2. The topological polar surface area (TPSA) is 63.3 Å². The molecule has 0 aliphatic carbocycles. The Balaban J connectivity index is 1.60. The van der Waals surface area contributed by atoms with Crippen LogP contribution in [-0.4, -0.2) is 31.7 Å². The van der Waals surface area contributed by atoms with Crippen molar-refractivity contribution < 1.29 is 14.3 Å². The van der Waals surface area contributed by atoms with Gasteiger partial charge in [-0.15, -0.1) is 0 Å². The maximum Gasteiger partial charge on any atom is 0.220 e. The smallest absolute Gasteiger partial charge is 0.220 e. The van der Waals surface area contributed by atoms with Gasteiger partial charge in [0.1, 0.15) is 11.5 Å². The second-order valence-electron chi connectivity index (χ2n) is 7.74. The van der Waals surface area contributed by atoms with Crippen LogP contribution in [0.15, 0.2) is 79.0 Å². The average molecular weight is 429 g/mol. The molecular formula is C27H28N2O3. The normalized spacial score (nSPS) is 11.8. The average Bonchev–Trinajstić information content (AvgIpc) is 3.27. The van der Waals surface area contributed by atoms with E-state index in [0.717, 1.165) is 34.2 Å². The number of para-hydroxylation sites is 1. The summed E-state index contributed by atoms with van der Waals surface area (Å²) < 4.78 is 11.0. The van der Waals surface area contributed by atoms with Crippen LogP contribution in [-0.2, 0) is 11.2 Å². The van der Waals surface area contributed by atoms with E-state index in [1.54, 1.807) is 14.2 Å². The van der Waals surface area contributed by atoms with E-state index in [1.165, 1.54) is 5.56 Å². The van der Waals surface area contributed by atoms with Crippen molar-refractivity contribution >= 4 is 16.8 Å². The number of aromatic nitrogens is 1. The van der Waals surface area contributed by atoms with Gasteiger partial charge < -0.3 is 19.8 Å². The molecule has 5 nitrogen and oxygen atoms in total. The maximum absolute atomic E-state index is 13.0. The summed E-state index contributed by atoms with van der Waals surface area (Å²) in [5, 5.41) is 4.19. The first-order valence-corrected chi connectivity index (χ1v) is 10.8. The van der Waals surface area contributed by atoms with Crippen molar-refractivity contribution in [2.24, 2.45) is 0 Å². The Kier molecular flexibility index (Phi) is 6.75. The molecule has 4 aromatic rings. The molecule has 5 heteroatoms. The fourth-order valence-electron chi connectivity index (χ4n) is 4.12. The van der Waals surface area contributed by atoms with E-state index in [0.29, 0.717) is 18.7 Å². The van der Waals surface area contributed by atoms with Crippen LogP contribution in [0.3, 0.4) is 0 Å². The summed E-state index contributed by atoms with van der Waals surface area (Å²) in [4.78, 5) is 16.3. The fourth-order valence-corrected chi connectivity index (χ4v) is 4.12. The molecule has 1 atom stereocenters. The Hall–Kier alpha value is -3.73. The van der Waals surface area contributed by atoms with E-state index in [2.05, 4.69) is 28.5 Å². The van der Waals surface area contributed by atoms with Crippen molar-refractivity contribution in [2.45, 2.75) is 18.8 Å². The van der Waals surface area contributed by atoms with Gasteiger partial charge in [0.05, 0.1) is 14.2 Å². The minimum absolute atomic E-state index is 0.00841. The molecule has 1 aromatic heterocycles. The van der Waals surface area contributed by atoms with Crippen LogP contribution in [0, 0.1) is 0 Å². The number of H-pyrrole nitrogens is 1. The Bertz CT molecular complexity index is 1180. The summed E-state index contributed by atoms with van der Waals surface area (Å²) in [6.07, 6.45) is 3.12. The molecule has 0 bridgehead atoms. The first kappa shape index (κ1) is 21.5. The Morgan fingerprint density at radius 1 is 0.938 bits per heavy atom. The van der Waals surface area contributed by atoms with Gasteiger partial charge in [0, 0.05) is 47.6 Å². The van der Waals surface area contributed by atoms with Crippen LogP contribution >= 0.6 is 0 Å². The molecule has 1 amide bonds. The highest BCUT2D eigenvalue weighted by Gasteiger charge is 2.24. The lowest BCUT2D eigenvalue weighted by Gasteiger charge is -2.20. The molecule has 0 radical (unpaired) electrons. The van der Waals surface area contributed by atoms with E-state index in [4.69, 9.17) is 9.47 Å². The number of hydrogen-bond donors (Lipinski definition) is 2. The highest BCUT2D eigenvalue weighted by atomic mass is 16.5. The number of ether oxygens (including phenoxy) is 2. The molecule has 1 unspecified atom stereocenters. The summed E-state index contributed by atoms with van der Waals surface area (Å²) in [6.45, 7) is 0.600. The molecule has 4 rings (SSSR count). The molecule has 0 aliphatic rings. The van der Waals surface area contributed by atoms with Crippen LogP contribution in [0.5, 0.6) is 11.5 Å². The van der Waals surface area contributed by atoms with Crippen molar-refractivity contribution in [1.29, 1.82) is 0 Å². The number of carbonyl (C=O) groups is 1. The number of hydrogen-bond acceptors (Lipinski definition) is 3. The summed E-state index contributed by atoms with van der Waals surface area (Å²) >= 11 is 0. The van der Waals surface area contributed by atoms with Gasteiger partial charge in [-0.2, -0.15) is 0 Å². The van der Waals surface area contributed by atoms with Gasteiger partial charge in [0.2, 0.25) is 5.91 Å². The summed E-state index contributed by atoms with van der Waals surface area (Å²) in [5.41, 5.74) is 4.28. The van der Waals surface area contributed by atoms with Gasteiger partial charge in [-0.3, -0.25) is 4.79 Å². The Labute approximate surface area is 188 Å². The number of methoxy groups -OCH3 is 2. The molecule has 164 valence electrons. The number of benzene rings is 3. The minimum Gasteiger partial charge on any atom is -0.497 e. The van der Waals surface area contributed by atoms with E-state index in [9.17, 15) is 4.79 Å². The quantitative estimate of drug-likeness (QED) is 0.391. The van der Waals surface area contributed by atoms with Gasteiger partial charge >= 0.3 is 0 Å². The number of amides is 1. The third-order valence-corrected chi connectivity index (χ3v) is 5.78. The first-order chi connectivity index (χ1) is 15.7. The molecule has 0 fully saturated rings. The highest BCUT2D eigenvalue weighted by Crippen LogP contribution is 2.39.